The average molecular weight is 1980 g/mol. The van der Waals surface area contributed by atoms with Crippen LogP contribution in [-0.2, 0) is 71.9 Å². The Morgan fingerprint density at radius 2 is 0.198 bits per heavy atom. The summed E-state index contributed by atoms with van der Waals surface area (Å²) in [6.07, 6.45) is 0. The Labute approximate surface area is 641 Å². The monoisotopic (exact) mass is 1980 g/mol. The van der Waals surface area contributed by atoms with E-state index in [0.29, 0.717) is 0 Å². The first-order valence-corrected chi connectivity index (χ1v) is 23.0. The van der Waals surface area contributed by atoms with Crippen molar-refractivity contribution in [3.8, 4) is 0 Å². The van der Waals surface area contributed by atoms with Crippen LogP contribution in [0.25, 0.3) is 0 Å². The largest absolute Gasteiger partial charge is 3.00 e. The van der Waals surface area contributed by atoms with Gasteiger partial charge in [0.15, 0.2) is 0 Å². The van der Waals surface area contributed by atoms with Gasteiger partial charge in [-0.05, 0) is 0 Å². The predicted octanol–water partition coefficient (Wildman–Crippen LogP) is -28.1. The van der Waals surface area contributed by atoms with Crippen LogP contribution in [0.5, 0.6) is 0 Å². The Morgan fingerprint density at radius 1 is 0.140 bits per heavy atom. The van der Waals surface area contributed by atoms with E-state index >= 15 is 0 Å². The van der Waals surface area contributed by atoms with Gasteiger partial charge in [-0.2, -0.15) is 0 Å². The number of rotatable bonds is 48. The van der Waals surface area contributed by atoms with E-state index in [9.17, 15) is 149 Å². The molecule has 0 atom stereocenters. The molecule has 0 aliphatic rings. The minimum absolute atomic E-state index is 0. The summed E-state index contributed by atoms with van der Waals surface area (Å²) in [5, 5.41) is 160. The van der Waals surface area contributed by atoms with Crippen molar-refractivity contribution in [2.24, 2.45) is 0 Å². The minimum atomic E-state index is -1.54. The molecule has 0 heterocycles. The van der Waals surface area contributed by atoms with Gasteiger partial charge in [-0.25, -0.2) is 0 Å². The maximum absolute atomic E-state index is 10.8. The molecule has 0 N–H and O–H groups in total. The molecule has 0 aliphatic heterocycles. The third kappa shape index (κ3) is 69.5. The second-order valence-electron chi connectivity index (χ2n) is 16.7. The van der Waals surface area contributed by atoms with Gasteiger partial charge in [0.25, 0.3) is 0 Å². The Kier molecular flexibility index (Phi) is 69.2. The maximum Gasteiger partial charge on any atom is 3.00 e. The fourth-order valence-corrected chi connectivity index (χ4v) is 6.53. The summed E-state index contributed by atoms with van der Waals surface area (Å²) in [5.74, 6) is -23.0. The van der Waals surface area contributed by atoms with Crippen LogP contribution in [0.4, 0.5) is 0 Å². The van der Waals surface area contributed by atoms with Crippen LogP contribution < -0.4 is 76.6 Å². The number of hydrogen-bond donors (Lipinski definition) is 0. The van der Waals surface area contributed by atoms with Crippen molar-refractivity contribution in [1.82, 2.24) is 44.1 Å². The zero-order valence-corrected chi connectivity index (χ0v) is 54.6. The van der Waals surface area contributed by atoms with Gasteiger partial charge in [-0.15, -0.1) is 0 Å². The molecule has 44 heteroatoms. The molecule has 0 saturated carbocycles. The zero-order chi connectivity index (χ0) is 62.9. The molecular weight excluding hydrogens is 1920 g/mol. The van der Waals surface area contributed by atoms with Crippen molar-refractivity contribution in [2.45, 2.75) is 0 Å². The molecule has 0 spiro atoms. The van der Waals surface area contributed by atoms with Crippen molar-refractivity contribution in [3.63, 3.8) is 0 Å². The molecule has 0 aromatic heterocycles. The van der Waals surface area contributed by atoms with Crippen LogP contribution in [0.15, 0.2) is 0 Å². The predicted molar refractivity (Wildman–Crippen MR) is 223 cm³/mol. The van der Waals surface area contributed by atoms with Gasteiger partial charge in [0.2, 0.25) is 0 Å². The molecule has 0 aromatic rings. The second kappa shape index (κ2) is 59.4. The maximum atomic E-state index is 10.8. The Balaban J connectivity index is -0.000000172. The van der Waals surface area contributed by atoms with E-state index in [1.54, 1.807) is 0 Å². The first kappa shape index (κ1) is 100. The Hall–Kier alpha value is -1.95. The summed E-state index contributed by atoms with van der Waals surface area (Å²) in [4.78, 5) is 169. The van der Waals surface area contributed by atoms with Crippen LogP contribution in [-0.4, -0.2) is 310 Å². The van der Waals surface area contributed by atoms with E-state index in [0.717, 1.165) is 29.4 Å². The summed E-state index contributed by atoms with van der Waals surface area (Å²) in [7, 11) is 0. The average Bonchev–Trinajstić information content (AvgIpc) is 3.26. The van der Waals surface area contributed by atoms with Crippen molar-refractivity contribution >= 4 is 89.5 Å². The van der Waals surface area contributed by atoms with E-state index < -0.39 is 188 Å². The van der Waals surface area contributed by atoms with Crippen LogP contribution in [0, 0.1) is 191 Å². The number of carboxylic acids is 15. The van der Waals surface area contributed by atoms with Gasteiger partial charge in [0.05, 0.1) is 89.5 Å². The summed E-state index contributed by atoms with van der Waals surface area (Å²) >= 11 is 0. The molecule has 39 nitrogen and oxygen atoms in total. The fraction of sp³-hybridized carbons (Fsp3) is 0.643. The Morgan fingerprint density at radius 3 is 0.267 bits per heavy atom. The summed E-state index contributed by atoms with van der Waals surface area (Å²) in [5.41, 5.74) is 0. The van der Waals surface area contributed by atoms with Crippen LogP contribution in [0.3, 0.4) is 0 Å². The van der Waals surface area contributed by atoms with Crippen LogP contribution in [0.2, 0.25) is 0 Å². The number of carbonyl (C=O) groups is 15. The number of hydrogen-bond acceptors (Lipinski definition) is 39. The summed E-state index contributed by atoms with van der Waals surface area (Å²) in [6.45, 7) is -12.5. The number of nitrogens with zero attached hydrogens (tertiary/aromatic N) is 9. The van der Waals surface area contributed by atoms with Crippen LogP contribution >= 0.6 is 0 Å². The molecule has 0 bridgehead atoms. The van der Waals surface area contributed by atoms with Gasteiger partial charge in [0.1, 0.15) is 0 Å². The first-order valence-electron chi connectivity index (χ1n) is 23.0. The molecule has 0 rings (SSSR count). The molecule has 5 radical (unpaired) electrons. The van der Waals surface area contributed by atoms with E-state index in [2.05, 4.69) is 0 Å². The molecule has 497 valence electrons. The van der Waals surface area contributed by atoms with Gasteiger partial charge >= 0.3 is 191 Å². The van der Waals surface area contributed by atoms with Crippen molar-refractivity contribution < 1.29 is 339 Å². The normalized spacial score (nSPS) is 10.4. The molecule has 0 unspecified atom stereocenters. The summed E-state index contributed by atoms with van der Waals surface area (Å²) in [6, 6.07) is 0. The molecule has 0 amide bonds. The third-order valence-electron chi connectivity index (χ3n) is 9.69. The molecule has 0 aliphatic carbocycles. The molecule has 86 heavy (non-hydrogen) atoms. The number of aliphatic carboxylic acids is 15. The van der Waals surface area contributed by atoms with E-state index in [1.807, 2.05) is 0 Å². The number of carboxylic acid groups (broad SMARTS) is 15. The fourth-order valence-electron chi connectivity index (χ4n) is 6.53. The van der Waals surface area contributed by atoms with Gasteiger partial charge in [0, 0.05) is 177 Å². The minimum Gasteiger partial charge on any atom is -0.549 e. The van der Waals surface area contributed by atoms with Crippen molar-refractivity contribution in [1.29, 1.82) is 0 Å². The Bertz CT molecular complexity index is 1700. The molecular formula is C42H54Dy5N9O30. The SMILES string of the molecule is O=C([O-])CN(CCN(CC(=O)[O-])CC(=O)[O-])CCN(CC(=O)[O-])CC(=O)[O-].O=C([O-])CN(CCN(CC(=O)[O-])CC(=O)[O-])CCN(CC(=O)[O-])CC(=O)[O-].O=C([O-])CN(CCN(CC(=O)[O-])CC(=O)[O-])CCN(CC(=O)[O-])CC(=O)[O-].[Dy+3].[Dy+3].[Dy+3].[Dy+3].[Dy+3]. The van der Waals surface area contributed by atoms with Gasteiger partial charge < -0.3 is 149 Å². The molecule has 0 saturated heterocycles. The second-order valence-corrected chi connectivity index (χ2v) is 16.7. The number of carbonyl (C=O) groups excluding carboxylic acids is 15. The first-order chi connectivity index (χ1) is 37.5. The van der Waals surface area contributed by atoms with Gasteiger partial charge in [-0.3, -0.25) is 44.1 Å². The topological polar surface area (TPSA) is 631 Å². The molecule has 0 aromatic carbocycles. The smallest absolute Gasteiger partial charge is 0.549 e. The molecule has 0 fully saturated rings. The van der Waals surface area contributed by atoms with Crippen LogP contribution in [0.1, 0.15) is 0 Å². The standard InChI is InChI=1S/3C14H23N3O10.5Dy/c3*18-10(19)5-15(1-3-16(6-11(20)21)7-12(22)23)2-4-17(8-13(24)25)9-14(26)27;;;;;/h3*1-9H2,(H,18,19)(H,20,21)(H,22,23)(H,24,25)(H,26,27);;;;;/q;;;5*+3/p-15. The van der Waals surface area contributed by atoms with E-state index in [1.165, 1.54) is 14.7 Å². The van der Waals surface area contributed by atoms with Crippen molar-refractivity contribution in [3.05, 3.63) is 0 Å². The zero-order valence-electron chi connectivity index (χ0n) is 44.4. The van der Waals surface area contributed by atoms with Crippen molar-refractivity contribution in [2.75, 3.05) is 177 Å². The van der Waals surface area contributed by atoms with E-state index in [-0.39, 0.29) is 269 Å². The third-order valence-corrected chi connectivity index (χ3v) is 9.69. The summed E-state index contributed by atoms with van der Waals surface area (Å²) < 4.78 is 0. The van der Waals surface area contributed by atoms with E-state index in [4.69, 9.17) is 0 Å². The van der Waals surface area contributed by atoms with Gasteiger partial charge in [-0.1, -0.05) is 0 Å². The quantitative estimate of drug-likeness (QED) is 0.0546.